The first-order valence-corrected chi connectivity index (χ1v) is 11.2. The zero-order chi connectivity index (χ0) is 27.9. The van der Waals surface area contributed by atoms with Crippen LogP contribution in [0.4, 0.5) is 17.6 Å². The van der Waals surface area contributed by atoms with E-state index in [0.717, 1.165) is 10.2 Å². The van der Waals surface area contributed by atoms with Crippen LogP contribution >= 0.6 is 0 Å². The summed E-state index contributed by atoms with van der Waals surface area (Å²) < 4.78 is 57.8. The molecule has 1 atom stereocenters. The molecular formula is C25H35F4N3O4. The van der Waals surface area contributed by atoms with E-state index in [4.69, 9.17) is 9.21 Å². The van der Waals surface area contributed by atoms with Crippen LogP contribution in [0.1, 0.15) is 55.8 Å². The van der Waals surface area contributed by atoms with Gasteiger partial charge in [0.2, 0.25) is 12.2 Å². The summed E-state index contributed by atoms with van der Waals surface area (Å²) in [5.41, 5.74) is 5.53. The van der Waals surface area contributed by atoms with E-state index in [1.165, 1.54) is 38.2 Å². The Labute approximate surface area is 209 Å². The van der Waals surface area contributed by atoms with E-state index >= 15 is 0 Å². The Balaban J connectivity index is 0.00000291. The van der Waals surface area contributed by atoms with Crippen LogP contribution < -0.4 is 5.73 Å². The predicted octanol–water partition coefficient (Wildman–Crippen LogP) is 5.61. The topological polar surface area (TPSA) is 100 Å². The number of carbonyl (C=O) groups is 2. The number of carbonyl (C=O) groups excluding carboxylic acids is 2. The Morgan fingerprint density at radius 2 is 1.89 bits per heavy atom. The van der Waals surface area contributed by atoms with Crippen molar-refractivity contribution in [2.75, 3.05) is 13.6 Å². The maximum atomic E-state index is 13.3. The maximum Gasteiger partial charge on any atom is 0.450 e. The lowest BCUT2D eigenvalue weighted by molar-refractivity contribution is -0.236. The molecule has 0 saturated heterocycles. The number of amides is 1. The molecule has 11 heteroatoms. The fourth-order valence-corrected chi connectivity index (χ4v) is 3.49. The van der Waals surface area contributed by atoms with Crippen LogP contribution in [-0.2, 0) is 22.3 Å². The van der Waals surface area contributed by atoms with Gasteiger partial charge in [0.25, 0.3) is 0 Å². The lowest BCUT2D eigenvalue weighted by atomic mass is 9.95. The molecule has 7 nitrogen and oxygen atoms in total. The minimum absolute atomic E-state index is 0.00797. The number of nitrogens with zero attached hydrogens (tertiary/aromatic N) is 2. The molecule has 0 aliphatic heterocycles. The monoisotopic (exact) mass is 517 g/mol. The predicted molar refractivity (Wildman–Crippen MR) is 129 cm³/mol. The number of nitrogens with two attached hydrogens (primary N) is 1. The van der Waals surface area contributed by atoms with Crippen LogP contribution in [0.25, 0.3) is 5.57 Å². The molecule has 0 saturated carbocycles. The third-order valence-corrected chi connectivity index (χ3v) is 5.13. The quantitative estimate of drug-likeness (QED) is 0.228. The Bertz CT molecular complexity index is 948. The summed E-state index contributed by atoms with van der Waals surface area (Å²) in [5.74, 6) is -1.27. The largest absolute Gasteiger partial charge is 0.456 e. The number of aryl methyl sites for hydroxylation is 1. The van der Waals surface area contributed by atoms with Crippen molar-refractivity contribution in [3.8, 4) is 0 Å². The standard InChI is InChI=1S/C23H28F4N2O3.CH5N.CH2O/c1-4-18(11-16(2)21-12-17(3)32-22(21)23(25,26)27)8-6-10-29(31)28(15-30)14-19-7-5-9-20(24)13-19;2*1-2/h5,7,9,11-13,15,18,31H,4,6,8,10,14H2,1-3H3;2H2,1H3;1H2/b16-11+;;/t18-;;/m0../s1. The van der Waals surface area contributed by atoms with Gasteiger partial charge >= 0.3 is 6.18 Å². The van der Waals surface area contributed by atoms with Gasteiger partial charge in [-0.05, 0) is 75.4 Å². The molecular weight excluding hydrogens is 482 g/mol. The summed E-state index contributed by atoms with van der Waals surface area (Å²) in [7, 11) is 1.50. The number of hydroxylamine groups is 1. The number of furan rings is 1. The summed E-state index contributed by atoms with van der Waals surface area (Å²) in [6.07, 6.45) is -0.560. The van der Waals surface area contributed by atoms with Crippen molar-refractivity contribution in [3.63, 3.8) is 0 Å². The normalized spacial score (nSPS) is 12.2. The first-order valence-electron chi connectivity index (χ1n) is 11.2. The van der Waals surface area contributed by atoms with Crippen LogP contribution in [0.5, 0.6) is 0 Å². The summed E-state index contributed by atoms with van der Waals surface area (Å²) in [5, 5.41) is 12.0. The van der Waals surface area contributed by atoms with Gasteiger partial charge in [-0.1, -0.05) is 30.3 Å². The summed E-state index contributed by atoms with van der Waals surface area (Å²) in [6, 6.07) is 7.10. The second-order valence-electron chi connectivity index (χ2n) is 7.69. The van der Waals surface area contributed by atoms with Gasteiger partial charge in [0.15, 0.2) is 0 Å². The molecule has 202 valence electrons. The maximum absolute atomic E-state index is 13.3. The van der Waals surface area contributed by atoms with Crippen LogP contribution in [0.3, 0.4) is 0 Å². The van der Waals surface area contributed by atoms with Gasteiger partial charge in [-0.3, -0.25) is 15.0 Å². The number of rotatable bonds is 11. The van der Waals surface area contributed by atoms with E-state index in [2.05, 4.69) is 5.73 Å². The third-order valence-electron chi connectivity index (χ3n) is 5.13. The minimum Gasteiger partial charge on any atom is -0.456 e. The van der Waals surface area contributed by atoms with E-state index in [0.29, 0.717) is 36.8 Å². The van der Waals surface area contributed by atoms with E-state index in [-0.39, 0.29) is 30.3 Å². The van der Waals surface area contributed by atoms with Gasteiger partial charge in [-0.2, -0.15) is 13.2 Å². The van der Waals surface area contributed by atoms with Gasteiger partial charge < -0.3 is 14.9 Å². The van der Waals surface area contributed by atoms with E-state index in [1.54, 1.807) is 19.1 Å². The highest BCUT2D eigenvalue weighted by Crippen LogP contribution is 2.37. The van der Waals surface area contributed by atoms with Crippen molar-refractivity contribution in [1.82, 2.24) is 10.2 Å². The second-order valence-corrected chi connectivity index (χ2v) is 7.69. The summed E-state index contributed by atoms with van der Waals surface area (Å²) >= 11 is 0. The van der Waals surface area contributed by atoms with Crippen molar-refractivity contribution >= 4 is 18.8 Å². The van der Waals surface area contributed by atoms with Crippen molar-refractivity contribution in [3.05, 3.63) is 64.9 Å². The van der Waals surface area contributed by atoms with Crippen LogP contribution in [0, 0.1) is 18.7 Å². The van der Waals surface area contributed by atoms with Crippen LogP contribution in [0.15, 0.2) is 40.8 Å². The summed E-state index contributed by atoms with van der Waals surface area (Å²) in [6.45, 7) is 7.16. The number of hydrogen-bond acceptors (Lipinski definition) is 6. The molecule has 0 bridgehead atoms. The Morgan fingerprint density at radius 1 is 1.25 bits per heavy atom. The molecule has 0 spiro atoms. The molecule has 2 aromatic rings. The average Bonchev–Trinajstić information content (AvgIpc) is 3.27. The zero-order valence-electron chi connectivity index (χ0n) is 21.0. The number of hydrogen-bond donors (Lipinski definition) is 2. The molecule has 1 amide bonds. The average molecular weight is 518 g/mol. The molecule has 3 N–H and O–H groups in total. The summed E-state index contributed by atoms with van der Waals surface area (Å²) in [4.78, 5) is 19.3. The van der Waals surface area contributed by atoms with Crippen molar-refractivity contribution in [2.24, 2.45) is 11.7 Å². The molecule has 0 aliphatic rings. The Kier molecular flexibility index (Phi) is 15.2. The molecule has 1 heterocycles. The van der Waals surface area contributed by atoms with Gasteiger partial charge in [-0.25, -0.2) is 4.39 Å². The Hall–Kier alpha value is -3.02. The van der Waals surface area contributed by atoms with Gasteiger partial charge in [0.1, 0.15) is 18.4 Å². The number of alkyl halides is 3. The first-order chi connectivity index (χ1) is 17.0. The first kappa shape index (κ1) is 33.0. The minimum atomic E-state index is -4.57. The lowest BCUT2D eigenvalue weighted by Crippen LogP contribution is -2.39. The van der Waals surface area contributed by atoms with Crippen molar-refractivity contribution < 1.29 is 36.8 Å². The highest BCUT2D eigenvalue weighted by molar-refractivity contribution is 5.66. The molecule has 1 aromatic carbocycles. The molecule has 36 heavy (non-hydrogen) atoms. The van der Waals surface area contributed by atoms with E-state index < -0.39 is 17.8 Å². The van der Waals surface area contributed by atoms with Crippen molar-refractivity contribution in [2.45, 2.75) is 52.8 Å². The number of allylic oxidation sites excluding steroid dienone is 2. The lowest BCUT2D eigenvalue weighted by Gasteiger charge is -2.26. The number of halogens is 4. The molecule has 0 fully saturated rings. The Morgan fingerprint density at radius 3 is 2.42 bits per heavy atom. The molecule has 0 aliphatic carbocycles. The number of hydrazine groups is 1. The smallest absolute Gasteiger partial charge is 0.450 e. The molecule has 0 radical (unpaired) electrons. The number of benzene rings is 1. The van der Waals surface area contributed by atoms with Gasteiger partial charge in [-0.15, -0.1) is 0 Å². The fraction of sp³-hybridized carbons (Fsp3) is 0.440. The highest BCUT2D eigenvalue weighted by atomic mass is 19.4. The fourth-order valence-electron chi connectivity index (χ4n) is 3.49. The van der Waals surface area contributed by atoms with E-state index in [9.17, 15) is 27.6 Å². The zero-order valence-corrected chi connectivity index (χ0v) is 21.0. The highest BCUT2D eigenvalue weighted by Gasteiger charge is 2.38. The SMILES string of the molecule is C=O.CC[C@H](/C=C(\C)c1cc(C)oc1C(F)(F)F)CCCN(O)N(C=O)Cc1cccc(F)c1.CN. The molecule has 2 rings (SSSR count). The van der Waals surface area contributed by atoms with Gasteiger partial charge in [0.05, 0.1) is 6.54 Å². The van der Waals surface area contributed by atoms with Crippen molar-refractivity contribution in [1.29, 1.82) is 0 Å². The van der Waals surface area contributed by atoms with Crippen LogP contribution in [-0.4, -0.2) is 42.2 Å². The van der Waals surface area contributed by atoms with Gasteiger partial charge in [0, 0.05) is 12.1 Å². The van der Waals surface area contributed by atoms with Crippen LogP contribution in [0.2, 0.25) is 0 Å². The molecule has 1 aromatic heterocycles. The van der Waals surface area contributed by atoms with E-state index in [1.807, 2.05) is 13.7 Å². The molecule has 0 unspecified atom stereocenters. The third kappa shape index (κ3) is 10.7. The second kappa shape index (κ2) is 16.6.